The number of carbonyl (C=O) groups is 1. The van der Waals surface area contributed by atoms with Gasteiger partial charge in [-0.3, -0.25) is 14.2 Å². The summed E-state index contributed by atoms with van der Waals surface area (Å²) in [5, 5.41) is 4.20. The average molecular weight is 573 g/mol. The first-order valence-electron chi connectivity index (χ1n) is 11.0. The number of allylic oxidation sites excluding steroid dienone is 1. The minimum absolute atomic E-state index is 0.287. The number of hydrogen-bond donors (Lipinski definition) is 1. The molecule has 1 aromatic heterocycles. The quantitative estimate of drug-likeness (QED) is 0.327. The van der Waals surface area contributed by atoms with Crippen LogP contribution in [-0.2, 0) is 4.79 Å². The fourth-order valence-corrected chi connectivity index (χ4v) is 5.69. The molecule has 3 aromatic carbocycles. The van der Waals surface area contributed by atoms with Crippen molar-refractivity contribution in [3.63, 3.8) is 0 Å². The van der Waals surface area contributed by atoms with Gasteiger partial charge in [-0.1, -0.05) is 64.3 Å². The number of nitrogens with zero attached hydrogens (tertiary/aromatic N) is 2. The zero-order chi connectivity index (χ0) is 26.3. The van der Waals surface area contributed by atoms with E-state index in [1.165, 1.54) is 40.2 Å². The van der Waals surface area contributed by atoms with Gasteiger partial charge in [-0.2, -0.15) is 0 Å². The zero-order valence-corrected chi connectivity index (χ0v) is 22.2. The van der Waals surface area contributed by atoms with Crippen LogP contribution >= 0.6 is 46.1 Å². The predicted octanol–water partition coefficient (Wildman–Crippen LogP) is 5.97. The summed E-state index contributed by atoms with van der Waals surface area (Å²) < 4.78 is 15.3. The second-order valence-electron chi connectivity index (χ2n) is 8.26. The van der Waals surface area contributed by atoms with Gasteiger partial charge in [-0.05, 0) is 72.7 Å². The van der Waals surface area contributed by atoms with Crippen molar-refractivity contribution in [1.29, 1.82) is 0 Å². The Kier molecular flexibility index (Phi) is 7.05. The molecule has 186 valence electrons. The highest BCUT2D eigenvalue weighted by Crippen LogP contribution is 2.31. The first kappa shape index (κ1) is 25.4. The van der Waals surface area contributed by atoms with Gasteiger partial charge in [0.15, 0.2) is 4.80 Å². The fourth-order valence-electron chi connectivity index (χ4n) is 4.06. The maximum atomic E-state index is 13.7. The van der Waals surface area contributed by atoms with E-state index in [1.807, 2.05) is 0 Å². The van der Waals surface area contributed by atoms with Crippen LogP contribution in [0.2, 0.25) is 15.1 Å². The van der Waals surface area contributed by atoms with E-state index in [9.17, 15) is 14.0 Å². The van der Waals surface area contributed by atoms with Crippen molar-refractivity contribution >= 4 is 63.8 Å². The Morgan fingerprint density at radius 2 is 1.70 bits per heavy atom. The zero-order valence-electron chi connectivity index (χ0n) is 19.1. The normalized spacial score (nSPS) is 15.4. The highest BCUT2D eigenvalue weighted by molar-refractivity contribution is 7.07. The molecule has 0 radical (unpaired) electrons. The largest absolute Gasteiger partial charge is 0.322 e. The Balaban J connectivity index is 1.67. The number of aromatic nitrogens is 1. The molecule has 0 saturated heterocycles. The number of benzene rings is 3. The van der Waals surface area contributed by atoms with E-state index < -0.39 is 17.8 Å². The Labute approximate surface area is 229 Å². The van der Waals surface area contributed by atoms with Crippen LogP contribution in [0.3, 0.4) is 0 Å². The van der Waals surface area contributed by atoms with Crippen LogP contribution in [0.25, 0.3) is 6.08 Å². The van der Waals surface area contributed by atoms with Crippen LogP contribution in [0.4, 0.5) is 10.1 Å². The van der Waals surface area contributed by atoms with Gasteiger partial charge in [0.25, 0.3) is 11.5 Å². The SMILES string of the molecule is CC1=C(C(=O)Nc2ccc(F)cc2)C(c2ccc(Cl)cc2)n2c(s/c(=C/c3ccc(Cl)cc3Cl)c2=O)=N1. The topological polar surface area (TPSA) is 63.5 Å². The molecule has 0 aliphatic carbocycles. The Morgan fingerprint density at radius 1 is 1.03 bits per heavy atom. The molecule has 0 spiro atoms. The number of thiazole rings is 1. The van der Waals surface area contributed by atoms with Crippen LogP contribution in [0.15, 0.2) is 87.8 Å². The van der Waals surface area contributed by atoms with Crippen molar-refractivity contribution in [2.24, 2.45) is 4.99 Å². The summed E-state index contributed by atoms with van der Waals surface area (Å²) >= 11 is 19.7. The van der Waals surface area contributed by atoms with Gasteiger partial charge in [-0.15, -0.1) is 0 Å². The number of nitrogens with one attached hydrogen (secondary N) is 1. The summed E-state index contributed by atoms with van der Waals surface area (Å²) in [5.74, 6) is -0.873. The molecule has 1 amide bonds. The van der Waals surface area contributed by atoms with Crippen molar-refractivity contribution < 1.29 is 9.18 Å². The van der Waals surface area contributed by atoms with Gasteiger partial charge in [-0.25, -0.2) is 9.38 Å². The summed E-state index contributed by atoms with van der Waals surface area (Å²) in [6, 6.07) is 16.6. The second-order valence-corrected chi connectivity index (χ2v) is 10.5. The number of rotatable bonds is 4. The third-order valence-electron chi connectivity index (χ3n) is 5.80. The van der Waals surface area contributed by atoms with E-state index >= 15 is 0 Å². The number of hydrogen-bond acceptors (Lipinski definition) is 4. The van der Waals surface area contributed by atoms with E-state index in [4.69, 9.17) is 34.8 Å². The van der Waals surface area contributed by atoms with Gasteiger partial charge in [0.2, 0.25) is 0 Å². The number of anilines is 1. The van der Waals surface area contributed by atoms with E-state index in [0.29, 0.717) is 46.9 Å². The predicted molar refractivity (Wildman–Crippen MR) is 147 cm³/mol. The van der Waals surface area contributed by atoms with Crippen molar-refractivity contribution in [1.82, 2.24) is 4.57 Å². The molecule has 1 N–H and O–H groups in total. The Hall–Kier alpha value is -3.23. The lowest BCUT2D eigenvalue weighted by molar-refractivity contribution is -0.113. The van der Waals surface area contributed by atoms with Gasteiger partial charge >= 0.3 is 0 Å². The first-order valence-corrected chi connectivity index (χ1v) is 13.0. The van der Waals surface area contributed by atoms with Crippen LogP contribution in [0.1, 0.15) is 24.1 Å². The fraction of sp³-hybridized carbons (Fsp3) is 0.0741. The highest BCUT2D eigenvalue weighted by Gasteiger charge is 2.32. The molecule has 4 aromatic rings. The van der Waals surface area contributed by atoms with Crippen LogP contribution in [0.5, 0.6) is 0 Å². The highest BCUT2D eigenvalue weighted by atomic mass is 35.5. The molecule has 0 saturated carbocycles. The molecule has 5 rings (SSSR count). The van der Waals surface area contributed by atoms with Gasteiger partial charge in [0.05, 0.1) is 21.8 Å². The van der Waals surface area contributed by atoms with Crippen LogP contribution in [-0.4, -0.2) is 10.5 Å². The summed E-state index contributed by atoms with van der Waals surface area (Å²) in [6.45, 7) is 1.72. The van der Waals surface area contributed by atoms with Crippen molar-refractivity contribution in [2.75, 3.05) is 5.32 Å². The Morgan fingerprint density at radius 3 is 2.38 bits per heavy atom. The van der Waals surface area contributed by atoms with Crippen LogP contribution < -0.4 is 20.2 Å². The summed E-state index contributed by atoms with van der Waals surface area (Å²) in [7, 11) is 0. The van der Waals surface area contributed by atoms with E-state index in [1.54, 1.807) is 55.5 Å². The number of carbonyl (C=O) groups excluding carboxylic acids is 1. The lowest BCUT2D eigenvalue weighted by atomic mass is 9.95. The van der Waals surface area contributed by atoms with Crippen molar-refractivity contribution in [3.8, 4) is 0 Å². The molecule has 37 heavy (non-hydrogen) atoms. The van der Waals surface area contributed by atoms with Crippen LogP contribution in [0, 0.1) is 5.82 Å². The standard InChI is InChI=1S/C27H17Cl3FN3O2S/c1-14-23(25(35)33-20-10-8-19(31)9-11-20)24(15-2-5-17(28)6-3-15)34-26(36)22(37-27(34)32-14)12-16-4-7-18(29)13-21(16)30/h2-13,24H,1H3,(H,33,35)/b22-12+. The lowest BCUT2D eigenvalue weighted by Crippen LogP contribution is -2.40. The van der Waals surface area contributed by atoms with Gasteiger partial charge in [0, 0.05) is 20.8 Å². The number of halogens is 4. The average Bonchev–Trinajstić information content (AvgIpc) is 3.16. The molecule has 1 atom stereocenters. The molecule has 5 nitrogen and oxygen atoms in total. The molecule has 10 heteroatoms. The molecule has 1 aliphatic rings. The van der Waals surface area contributed by atoms with E-state index in [-0.39, 0.29) is 11.1 Å². The molecular formula is C27H17Cl3FN3O2S. The molecule has 1 aliphatic heterocycles. The summed E-state index contributed by atoms with van der Waals surface area (Å²) in [5.41, 5.74) is 2.14. The minimum Gasteiger partial charge on any atom is -0.322 e. The molecule has 0 fully saturated rings. The van der Waals surface area contributed by atoms with Gasteiger partial charge < -0.3 is 5.32 Å². The monoisotopic (exact) mass is 571 g/mol. The third kappa shape index (κ3) is 5.13. The van der Waals surface area contributed by atoms with E-state index in [2.05, 4.69) is 10.3 Å². The molecule has 1 unspecified atom stereocenters. The molecule has 0 bridgehead atoms. The smallest absolute Gasteiger partial charge is 0.271 e. The van der Waals surface area contributed by atoms with Gasteiger partial charge in [0.1, 0.15) is 5.82 Å². The maximum absolute atomic E-state index is 13.7. The maximum Gasteiger partial charge on any atom is 0.271 e. The van der Waals surface area contributed by atoms with Crippen molar-refractivity contribution in [3.05, 3.63) is 130 Å². The third-order valence-corrected chi connectivity index (χ3v) is 7.60. The Bertz CT molecular complexity index is 1740. The minimum atomic E-state index is -0.767. The second kappa shape index (κ2) is 10.3. The summed E-state index contributed by atoms with van der Waals surface area (Å²) in [4.78, 5) is 32.3. The van der Waals surface area contributed by atoms with Crippen molar-refractivity contribution in [2.45, 2.75) is 13.0 Å². The first-order chi connectivity index (χ1) is 17.7. The summed E-state index contributed by atoms with van der Waals surface area (Å²) in [6.07, 6.45) is 1.68. The lowest BCUT2D eigenvalue weighted by Gasteiger charge is -2.25. The molecule has 2 heterocycles. The number of amides is 1. The number of fused-ring (bicyclic) bond motifs is 1. The molecular weight excluding hydrogens is 556 g/mol. The van der Waals surface area contributed by atoms with E-state index in [0.717, 1.165) is 0 Å².